The topological polar surface area (TPSA) is 26.3 Å². The van der Waals surface area contributed by atoms with Crippen LogP contribution in [-0.4, -0.2) is 13.1 Å². The van der Waals surface area contributed by atoms with Crippen molar-refractivity contribution >= 4 is 49.1 Å². The number of hydrogen-bond donors (Lipinski definition) is 0. The molecule has 0 bridgehead atoms. The van der Waals surface area contributed by atoms with Crippen LogP contribution in [0.5, 0.6) is 0 Å². The monoisotopic (exact) mass is 352 g/mol. The third-order valence-corrected chi connectivity index (χ3v) is 5.54. The molecule has 1 heterocycles. The fourth-order valence-electron chi connectivity index (χ4n) is 2.99. The number of thiophene rings is 1. The minimum absolute atomic E-state index is 0.361. The van der Waals surface area contributed by atoms with Crippen LogP contribution in [-0.2, 0) is 4.74 Å². The standard InChI is InChI=1S/C20H13ClO2S/c1-23-20(22)16-10-9-12(21)11-17(16)15-7-4-6-14-13-5-2-3-8-18(13)24-19(14)15/h2-11H,1H3. The maximum atomic E-state index is 12.2. The SMILES string of the molecule is COC(=O)c1ccc(Cl)cc1-c1cccc2c1sc1ccccc12. The molecule has 0 aliphatic rings. The van der Waals surface area contributed by atoms with Crippen molar-refractivity contribution in [1.29, 1.82) is 0 Å². The first-order valence-corrected chi connectivity index (χ1v) is 8.67. The number of carbonyl (C=O) groups is 1. The molecule has 0 unspecified atom stereocenters. The third-order valence-electron chi connectivity index (χ3n) is 4.08. The normalized spacial score (nSPS) is 11.1. The van der Waals surface area contributed by atoms with Gasteiger partial charge in [0.1, 0.15) is 0 Å². The Morgan fingerprint density at radius 3 is 2.58 bits per heavy atom. The average Bonchev–Trinajstić information content (AvgIpc) is 2.99. The Balaban J connectivity index is 2.07. The molecule has 0 aliphatic carbocycles. The Kier molecular flexibility index (Phi) is 3.75. The minimum Gasteiger partial charge on any atom is -0.465 e. The first kappa shape index (κ1) is 15.2. The average molecular weight is 353 g/mol. The maximum Gasteiger partial charge on any atom is 0.338 e. The molecule has 0 radical (unpaired) electrons. The van der Waals surface area contributed by atoms with Gasteiger partial charge in [-0.3, -0.25) is 0 Å². The van der Waals surface area contributed by atoms with Gasteiger partial charge in [-0.05, 0) is 29.8 Å². The van der Waals surface area contributed by atoms with Gasteiger partial charge >= 0.3 is 5.97 Å². The van der Waals surface area contributed by atoms with E-state index in [0.29, 0.717) is 10.6 Å². The van der Waals surface area contributed by atoms with Crippen LogP contribution in [0.1, 0.15) is 10.4 Å². The van der Waals surface area contributed by atoms with Crippen molar-refractivity contribution in [3.8, 4) is 11.1 Å². The fourth-order valence-corrected chi connectivity index (χ4v) is 4.39. The van der Waals surface area contributed by atoms with Crippen LogP contribution in [0.15, 0.2) is 60.7 Å². The molecule has 0 N–H and O–H groups in total. The molecular formula is C20H13ClO2S. The summed E-state index contributed by atoms with van der Waals surface area (Å²) in [6.07, 6.45) is 0. The summed E-state index contributed by atoms with van der Waals surface area (Å²) in [5, 5.41) is 3.00. The van der Waals surface area contributed by atoms with Crippen LogP contribution in [0, 0.1) is 0 Å². The van der Waals surface area contributed by atoms with Gasteiger partial charge in [-0.1, -0.05) is 48.0 Å². The number of benzene rings is 3. The van der Waals surface area contributed by atoms with E-state index < -0.39 is 0 Å². The minimum atomic E-state index is -0.361. The molecule has 0 fully saturated rings. The zero-order valence-corrected chi connectivity index (χ0v) is 14.4. The molecule has 0 atom stereocenters. The summed E-state index contributed by atoms with van der Waals surface area (Å²) in [6, 6.07) is 19.7. The van der Waals surface area contributed by atoms with Gasteiger partial charge in [0.25, 0.3) is 0 Å². The Morgan fingerprint density at radius 1 is 0.958 bits per heavy atom. The predicted molar refractivity (Wildman–Crippen MR) is 101 cm³/mol. The van der Waals surface area contributed by atoms with E-state index in [1.165, 1.54) is 22.6 Å². The van der Waals surface area contributed by atoms with Gasteiger partial charge < -0.3 is 4.74 Å². The summed E-state index contributed by atoms with van der Waals surface area (Å²) in [7, 11) is 1.39. The molecule has 1 aromatic heterocycles. The van der Waals surface area contributed by atoms with E-state index >= 15 is 0 Å². The molecule has 0 aliphatic heterocycles. The van der Waals surface area contributed by atoms with Gasteiger partial charge in [0.2, 0.25) is 0 Å². The first-order valence-electron chi connectivity index (χ1n) is 7.47. The van der Waals surface area contributed by atoms with Crippen molar-refractivity contribution in [3.05, 3.63) is 71.2 Å². The number of methoxy groups -OCH3 is 1. The highest BCUT2D eigenvalue weighted by molar-refractivity contribution is 7.26. The van der Waals surface area contributed by atoms with Crippen molar-refractivity contribution in [2.24, 2.45) is 0 Å². The molecular weight excluding hydrogens is 340 g/mol. The van der Waals surface area contributed by atoms with E-state index in [0.717, 1.165) is 15.8 Å². The quantitative estimate of drug-likeness (QED) is 0.404. The highest BCUT2D eigenvalue weighted by Crippen LogP contribution is 2.41. The number of hydrogen-bond acceptors (Lipinski definition) is 3. The second-order valence-electron chi connectivity index (χ2n) is 5.46. The molecule has 24 heavy (non-hydrogen) atoms. The smallest absolute Gasteiger partial charge is 0.338 e. The molecule has 3 aromatic carbocycles. The lowest BCUT2D eigenvalue weighted by Crippen LogP contribution is -2.03. The molecule has 4 heteroatoms. The molecule has 0 amide bonds. The van der Waals surface area contributed by atoms with E-state index in [9.17, 15) is 4.79 Å². The van der Waals surface area contributed by atoms with Crippen molar-refractivity contribution in [2.45, 2.75) is 0 Å². The summed E-state index contributed by atoms with van der Waals surface area (Å²) in [5.74, 6) is -0.361. The van der Waals surface area contributed by atoms with Crippen LogP contribution >= 0.6 is 22.9 Å². The van der Waals surface area contributed by atoms with Gasteiger partial charge in [-0.2, -0.15) is 0 Å². The fraction of sp³-hybridized carbons (Fsp3) is 0.0500. The summed E-state index contributed by atoms with van der Waals surface area (Å²) in [4.78, 5) is 12.2. The van der Waals surface area contributed by atoms with Crippen LogP contribution in [0.25, 0.3) is 31.3 Å². The van der Waals surface area contributed by atoms with Crippen molar-refractivity contribution in [1.82, 2.24) is 0 Å². The zero-order valence-electron chi connectivity index (χ0n) is 12.9. The van der Waals surface area contributed by atoms with Gasteiger partial charge in [-0.15, -0.1) is 11.3 Å². The number of fused-ring (bicyclic) bond motifs is 3. The van der Waals surface area contributed by atoms with Crippen molar-refractivity contribution < 1.29 is 9.53 Å². The lowest BCUT2D eigenvalue weighted by Gasteiger charge is -2.10. The zero-order chi connectivity index (χ0) is 16.7. The number of carbonyl (C=O) groups excluding carboxylic acids is 1. The van der Waals surface area contributed by atoms with Gasteiger partial charge in [-0.25, -0.2) is 4.79 Å². The van der Waals surface area contributed by atoms with Crippen molar-refractivity contribution in [2.75, 3.05) is 7.11 Å². The maximum absolute atomic E-state index is 12.2. The Hall–Kier alpha value is -2.36. The number of ether oxygens (including phenoxy) is 1. The molecule has 0 spiro atoms. The predicted octanol–water partition coefficient (Wildman–Crippen LogP) is 6.16. The number of esters is 1. The largest absolute Gasteiger partial charge is 0.465 e. The Morgan fingerprint density at radius 2 is 1.75 bits per heavy atom. The lowest BCUT2D eigenvalue weighted by molar-refractivity contribution is 0.0601. The van der Waals surface area contributed by atoms with E-state index in [2.05, 4.69) is 18.2 Å². The molecule has 2 nitrogen and oxygen atoms in total. The van der Waals surface area contributed by atoms with Crippen LogP contribution < -0.4 is 0 Å². The van der Waals surface area contributed by atoms with Gasteiger partial charge in [0, 0.05) is 30.8 Å². The van der Waals surface area contributed by atoms with Crippen LogP contribution in [0.2, 0.25) is 5.02 Å². The molecule has 0 saturated heterocycles. The van der Waals surface area contributed by atoms with E-state index in [4.69, 9.17) is 16.3 Å². The molecule has 0 saturated carbocycles. The third kappa shape index (κ3) is 2.37. The van der Waals surface area contributed by atoms with Gasteiger partial charge in [0.05, 0.1) is 12.7 Å². The first-order chi connectivity index (χ1) is 11.7. The molecule has 4 rings (SSSR count). The second kappa shape index (κ2) is 5.93. The van der Waals surface area contributed by atoms with E-state index in [1.54, 1.807) is 23.5 Å². The Bertz CT molecular complexity index is 1080. The summed E-state index contributed by atoms with van der Waals surface area (Å²) in [6.45, 7) is 0. The summed E-state index contributed by atoms with van der Waals surface area (Å²) in [5.41, 5.74) is 2.31. The Labute approximate surface area is 148 Å². The highest BCUT2D eigenvalue weighted by Gasteiger charge is 2.17. The van der Waals surface area contributed by atoms with E-state index in [-0.39, 0.29) is 5.97 Å². The lowest BCUT2D eigenvalue weighted by atomic mass is 9.98. The van der Waals surface area contributed by atoms with E-state index in [1.807, 2.05) is 30.3 Å². The number of halogens is 1. The molecule has 118 valence electrons. The second-order valence-corrected chi connectivity index (χ2v) is 6.95. The molecule has 4 aromatic rings. The van der Waals surface area contributed by atoms with Crippen LogP contribution in [0.4, 0.5) is 0 Å². The highest BCUT2D eigenvalue weighted by atomic mass is 35.5. The van der Waals surface area contributed by atoms with Crippen molar-refractivity contribution in [3.63, 3.8) is 0 Å². The summed E-state index contributed by atoms with van der Waals surface area (Å²) < 4.78 is 7.30. The van der Waals surface area contributed by atoms with Crippen LogP contribution in [0.3, 0.4) is 0 Å². The number of rotatable bonds is 2. The van der Waals surface area contributed by atoms with Gasteiger partial charge in [0.15, 0.2) is 0 Å². The summed E-state index contributed by atoms with van der Waals surface area (Å²) >= 11 is 7.92.